The van der Waals surface area contributed by atoms with Gasteiger partial charge in [0, 0.05) is 18.1 Å². The van der Waals surface area contributed by atoms with Crippen molar-refractivity contribution in [1.82, 2.24) is 9.88 Å². The maximum Gasteiger partial charge on any atom is 0.324 e. The number of aromatic nitrogens is 1. The Hall–Kier alpha value is -2.64. The highest BCUT2D eigenvalue weighted by Gasteiger charge is 2.21. The fourth-order valence-electron chi connectivity index (χ4n) is 2.26. The SMILES string of the molecule is O=C(Nc1nccs1)N(Cc1ccccc1)C[C@H](O)c1ccco1. The van der Waals surface area contributed by atoms with Gasteiger partial charge in [-0.1, -0.05) is 30.3 Å². The molecule has 124 valence electrons. The topological polar surface area (TPSA) is 78.6 Å². The summed E-state index contributed by atoms with van der Waals surface area (Å²) in [5.74, 6) is 0.426. The Kier molecular flexibility index (Phi) is 5.25. The molecule has 2 N–H and O–H groups in total. The molecule has 0 bridgehead atoms. The van der Waals surface area contributed by atoms with Crippen LogP contribution in [0.25, 0.3) is 0 Å². The van der Waals surface area contributed by atoms with Crippen molar-refractivity contribution < 1.29 is 14.3 Å². The van der Waals surface area contributed by atoms with E-state index >= 15 is 0 Å². The van der Waals surface area contributed by atoms with Crippen LogP contribution in [0.1, 0.15) is 17.4 Å². The zero-order chi connectivity index (χ0) is 16.8. The van der Waals surface area contributed by atoms with E-state index in [4.69, 9.17) is 4.42 Å². The summed E-state index contributed by atoms with van der Waals surface area (Å²) in [6.07, 6.45) is 2.22. The van der Waals surface area contributed by atoms with Crippen molar-refractivity contribution in [2.24, 2.45) is 0 Å². The Balaban J connectivity index is 1.73. The number of benzene rings is 1. The molecule has 0 aliphatic rings. The molecule has 6 nitrogen and oxygen atoms in total. The number of thiazole rings is 1. The number of urea groups is 1. The van der Waals surface area contributed by atoms with E-state index in [2.05, 4.69) is 10.3 Å². The highest BCUT2D eigenvalue weighted by Crippen LogP contribution is 2.18. The lowest BCUT2D eigenvalue weighted by molar-refractivity contribution is 0.105. The first-order chi connectivity index (χ1) is 11.7. The number of rotatable bonds is 6. The summed E-state index contributed by atoms with van der Waals surface area (Å²) in [5, 5.41) is 15.4. The first-order valence-corrected chi connectivity index (χ1v) is 8.31. The number of carbonyl (C=O) groups excluding carboxylic acids is 1. The summed E-state index contributed by atoms with van der Waals surface area (Å²) < 4.78 is 5.21. The van der Waals surface area contributed by atoms with Gasteiger partial charge in [-0.05, 0) is 17.7 Å². The Morgan fingerprint density at radius 1 is 1.29 bits per heavy atom. The molecule has 2 aromatic heterocycles. The molecular weight excluding hydrogens is 326 g/mol. The van der Waals surface area contributed by atoms with Gasteiger partial charge in [0.2, 0.25) is 0 Å². The summed E-state index contributed by atoms with van der Waals surface area (Å²) in [6.45, 7) is 0.482. The van der Waals surface area contributed by atoms with Gasteiger partial charge in [-0.2, -0.15) is 0 Å². The molecule has 3 aromatic rings. The third-order valence-corrected chi connectivity index (χ3v) is 4.10. The molecule has 1 aromatic carbocycles. The zero-order valence-electron chi connectivity index (χ0n) is 12.8. The minimum Gasteiger partial charge on any atom is -0.467 e. The molecule has 0 fully saturated rings. The van der Waals surface area contributed by atoms with E-state index in [0.29, 0.717) is 17.4 Å². The van der Waals surface area contributed by atoms with E-state index in [-0.39, 0.29) is 12.6 Å². The third-order valence-electron chi connectivity index (χ3n) is 3.41. The standard InChI is InChI=1S/C17H17N3O3S/c21-14(15-7-4-9-23-15)12-20(11-13-5-2-1-3-6-13)17(22)19-16-18-8-10-24-16/h1-10,14,21H,11-12H2,(H,18,19,22)/t14-/m0/s1. The third kappa shape index (κ3) is 4.21. The largest absolute Gasteiger partial charge is 0.467 e. The van der Waals surface area contributed by atoms with Crippen LogP contribution in [0.3, 0.4) is 0 Å². The average molecular weight is 343 g/mol. The van der Waals surface area contributed by atoms with E-state index in [0.717, 1.165) is 5.56 Å². The molecule has 0 aliphatic heterocycles. The van der Waals surface area contributed by atoms with Crippen LogP contribution in [-0.4, -0.2) is 27.6 Å². The molecule has 2 amide bonds. The van der Waals surface area contributed by atoms with Gasteiger partial charge in [0.25, 0.3) is 0 Å². The molecule has 0 unspecified atom stereocenters. The summed E-state index contributed by atoms with van der Waals surface area (Å²) >= 11 is 1.34. The van der Waals surface area contributed by atoms with Crippen LogP contribution in [0.4, 0.5) is 9.93 Å². The van der Waals surface area contributed by atoms with Gasteiger partial charge in [0.05, 0.1) is 12.8 Å². The van der Waals surface area contributed by atoms with Gasteiger partial charge in [-0.3, -0.25) is 5.32 Å². The predicted octanol–water partition coefficient (Wildman–Crippen LogP) is 3.50. The second-order valence-electron chi connectivity index (χ2n) is 5.16. The maximum atomic E-state index is 12.6. The number of nitrogens with zero attached hydrogens (tertiary/aromatic N) is 2. The molecule has 0 saturated carbocycles. The van der Waals surface area contributed by atoms with Crippen LogP contribution in [0, 0.1) is 0 Å². The second-order valence-corrected chi connectivity index (χ2v) is 6.06. The zero-order valence-corrected chi connectivity index (χ0v) is 13.6. The Morgan fingerprint density at radius 2 is 2.12 bits per heavy atom. The van der Waals surface area contributed by atoms with Crippen LogP contribution in [0.5, 0.6) is 0 Å². The smallest absolute Gasteiger partial charge is 0.324 e. The lowest BCUT2D eigenvalue weighted by atomic mass is 10.2. The van der Waals surface area contributed by atoms with Crippen molar-refractivity contribution in [3.05, 3.63) is 71.6 Å². The molecule has 2 heterocycles. The molecule has 0 saturated heterocycles. The Bertz CT molecular complexity index is 745. The van der Waals surface area contributed by atoms with Crippen LogP contribution in [0.2, 0.25) is 0 Å². The van der Waals surface area contributed by atoms with Crippen molar-refractivity contribution >= 4 is 22.5 Å². The average Bonchev–Trinajstić information content (AvgIpc) is 3.29. The fourth-order valence-corrected chi connectivity index (χ4v) is 2.78. The lowest BCUT2D eigenvalue weighted by Crippen LogP contribution is -2.37. The predicted molar refractivity (Wildman–Crippen MR) is 91.7 cm³/mol. The molecule has 0 spiro atoms. The van der Waals surface area contributed by atoms with E-state index < -0.39 is 6.10 Å². The van der Waals surface area contributed by atoms with Gasteiger partial charge in [0.1, 0.15) is 11.9 Å². The van der Waals surface area contributed by atoms with Crippen molar-refractivity contribution in [1.29, 1.82) is 0 Å². The number of carbonyl (C=O) groups is 1. The number of amides is 2. The highest BCUT2D eigenvalue weighted by molar-refractivity contribution is 7.13. The van der Waals surface area contributed by atoms with Gasteiger partial charge >= 0.3 is 6.03 Å². The summed E-state index contributed by atoms with van der Waals surface area (Å²) in [5.41, 5.74) is 0.971. The molecule has 1 atom stereocenters. The first-order valence-electron chi connectivity index (χ1n) is 7.43. The van der Waals surface area contributed by atoms with Gasteiger partial charge in [-0.25, -0.2) is 9.78 Å². The van der Waals surface area contributed by atoms with Crippen molar-refractivity contribution in [3.63, 3.8) is 0 Å². The number of furan rings is 1. The molecular formula is C17H17N3O3S. The summed E-state index contributed by atoms with van der Waals surface area (Å²) in [4.78, 5) is 18.1. The van der Waals surface area contributed by atoms with E-state index in [1.165, 1.54) is 22.5 Å². The molecule has 0 aliphatic carbocycles. The lowest BCUT2D eigenvalue weighted by Gasteiger charge is -2.24. The highest BCUT2D eigenvalue weighted by atomic mass is 32.1. The van der Waals surface area contributed by atoms with Gasteiger partial charge < -0.3 is 14.4 Å². The Morgan fingerprint density at radius 3 is 2.79 bits per heavy atom. The van der Waals surface area contributed by atoms with Crippen LogP contribution in [-0.2, 0) is 6.54 Å². The second kappa shape index (κ2) is 7.76. The van der Waals surface area contributed by atoms with Gasteiger partial charge in [0.15, 0.2) is 5.13 Å². The van der Waals surface area contributed by atoms with Crippen molar-refractivity contribution in [3.8, 4) is 0 Å². The Labute approximate surface area is 143 Å². The normalized spacial score (nSPS) is 11.9. The summed E-state index contributed by atoms with van der Waals surface area (Å²) in [6, 6.07) is 12.7. The number of aliphatic hydroxyl groups is 1. The van der Waals surface area contributed by atoms with Crippen LogP contribution < -0.4 is 5.32 Å². The first kappa shape index (κ1) is 16.2. The van der Waals surface area contributed by atoms with E-state index in [9.17, 15) is 9.90 Å². The van der Waals surface area contributed by atoms with Crippen LogP contribution >= 0.6 is 11.3 Å². The number of hydrogen-bond acceptors (Lipinski definition) is 5. The molecule has 0 radical (unpaired) electrons. The number of aliphatic hydroxyl groups excluding tert-OH is 1. The maximum absolute atomic E-state index is 12.6. The van der Waals surface area contributed by atoms with Crippen molar-refractivity contribution in [2.75, 3.05) is 11.9 Å². The van der Waals surface area contributed by atoms with Gasteiger partial charge in [-0.15, -0.1) is 11.3 Å². The molecule has 7 heteroatoms. The molecule has 3 rings (SSSR count). The molecule has 24 heavy (non-hydrogen) atoms. The monoisotopic (exact) mass is 343 g/mol. The fraction of sp³-hybridized carbons (Fsp3) is 0.176. The number of nitrogens with one attached hydrogen (secondary N) is 1. The quantitative estimate of drug-likeness (QED) is 0.718. The number of hydrogen-bond donors (Lipinski definition) is 2. The minimum atomic E-state index is -0.897. The van der Waals surface area contributed by atoms with Crippen molar-refractivity contribution in [2.45, 2.75) is 12.6 Å². The van der Waals surface area contributed by atoms with E-state index in [1.54, 1.807) is 23.7 Å². The van der Waals surface area contributed by atoms with E-state index in [1.807, 2.05) is 30.3 Å². The number of anilines is 1. The van der Waals surface area contributed by atoms with Crippen LogP contribution in [0.15, 0.2) is 64.7 Å². The minimum absolute atomic E-state index is 0.111. The summed E-state index contributed by atoms with van der Waals surface area (Å²) in [7, 11) is 0.